The first-order chi connectivity index (χ1) is 16.1. The summed E-state index contributed by atoms with van der Waals surface area (Å²) in [7, 11) is 0. The van der Waals surface area contributed by atoms with Gasteiger partial charge in [0.25, 0.3) is 5.91 Å². The van der Waals surface area contributed by atoms with Crippen molar-refractivity contribution in [3.05, 3.63) is 88.4 Å². The summed E-state index contributed by atoms with van der Waals surface area (Å²) in [4.78, 5) is 17.9. The average molecular weight is 502 g/mol. The van der Waals surface area contributed by atoms with Gasteiger partial charge in [-0.05, 0) is 49.4 Å². The van der Waals surface area contributed by atoms with Crippen LogP contribution in [0.4, 0.5) is 0 Å². The van der Waals surface area contributed by atoms with Crippen LogP contribution in [0.3, 0.4) is 0 Å². The predicted molar refractivity (Wildman–Crippen MR) is 132 cm³/mol. The molecule has 0 fully saturated rings. The maximum absolute atomic E-state index is 13.2. The van der Waals surface area contributed by atoms with Gasteiger partial charge < -0.3 is 9.47 Å². The van der Waals surface area contributed by atoms with Gasteiger partial charge >= 0.3 is 0 Å². The first-order valence-electron chi connectivity index (χ1n) is 10.5. The van der Waals surface area contributed by atoms with Gasteiger partial charge in [0, 0.05) is 21.0 Å². The van der Waals surface area contributed by atoms with Crippen molar-refractivity contribution in [1.82, 2.24) is 10.4 Å². The molecule has 33 heavy (non-hydrogen) atoms. The Kier molecular flexibility index (Phi) is 5.79. The minimum Gasteiger partial charge on any atom is -0.486 e. The van der Waals surface area contributed by atoms with Crippen LogP contribution in [0.15, 0.2) is 82.4 Å². The number of amides is 1. The standard InChI is InChI=1S/C26H20BrN3O3/c1-16(18-8-11-24-25(14-18)33-13-12-32-24)29-30-26(31)21-15-23(17-6-9-19(27)10-7-17)28-22-5-3-2-4-20(21)22/h2-11,14-15H,12-13H2,1H3,(H,30,31)/b29-16-. The van der Waals surface area contributed by atoms with E-state index in [0.717, 1.165) is 32.2 Å². The number of hydrogen-bond acceptors (Lipinski definition) is 5. The van der Waals surface area contributed by atoms with Gasteiger partial charge in [-0.3, -0.25) is 4.79 Å². The lowest BCUT2D eigenvalue weighted by Crippen LogP contribution is -2.20. The third-order valence-corrected chi connectivity index (χ3v) is 5.91. The number of rotatable bonds is 4. The molecule has 5 rings (SSSR count). The van der Waals surface area contributed by atoms with Crippen LogP contribution in [-0.2, 0) is 0 Å². The summed E-state index contributed by atoms with van der Waals surface area (Å²) >= 11 is 3.45. The fourth-order valence-electron chi connectivity index (χ4n) is 3.66. The van der Waals surface area contributed by atoms with Gasteiger partial charge in [0.2, 0.25) is 0 Å². The molecule has 0 bridgehead atoms. The lowest BCUT2D eigenvalue weighted by atomic mass is 10.0. The van der Waals surface area contributed by atoms with Crippen LogP contribution in [0, 0.1) is 0 Å². The van der Waals surface area contributed by atoms with E-state index in [4.69, 9.17) is 14.5 Å². The lowest BCUT2D eigenvalue weighted by molar-refractivity contribution is 0.0956. The SMILES string of the molecule is C/C(=N/NC(=O)c1cc(-c2ccc(Br)cc2)nc2ccccc12)c1ccc2c(c1)OCCO2. The van der Waals surface area contributed by atoms with Crippen molar-refractivity contribution in [3.63, 3.8) is 0 Å². The third-order valence-electron chi connectivity index (χ3n) is 5.39. The molecule has 2 heterocycles. The molecule has 6 nitrogen and oxygen atoms in total. The van der Waals surface area contributed by atoms with Gasteiger partial charge in [0.05, 0.1) is 22.5 Å². The van der Waals surface area contributed by atoms with E-state index in [1.54, 1.807) is 6.07 Å². The number of nitrogens with one attached hydrogen (secondary N) is 1. The average Bonchev–Trinajstić information content (AvgIpc) is 2.86. The monoisotopic (exact) mass is 501 g/mol. The van der Waals surface area contributed by atoms with E-state index in [0.29, 0.717) is 36.0 Å². The van der Waals surface area contributed by atoms with Crippen molar-refractivity contribution in [2.45, 2.75) is 6.92 Å². The molecule has 1 amide bonds. The van der Waals surface area contributed by atoms with Crippen LogP contribution in [0.25, 0.3) is 22.2 Å². The summed E-state index contributed by atoms with van der Waals surface area (Å²) in [6.07, 6.45) is 0. The molecule has 4 aromatic rings. The number of pyridine rings is 1. The molecule has 0 aliphatic carbocycles. The molecule has 1 aliphatic rings. The number of hydrogen-bond donors (Lipinski definition) is 1. The maximum atomic E-state index is 13.2. The number of halogens is 1. The van der Waals surface area contributed by atoms with E-state index < -0.39 is 0 Å². The van der Waals surface area contributed by atoms with Crippen molar-refractivity contribution < 1.29 is 14.3 Å². The summed E-state index contributed by atoms with van der Waals surface area (Å²) < 4.78 is 12.2. The van der Waals surface area contributed by atoms with E-state index in [-0.39, 0.29) is 5.91 Å². The van der Waals surface area contributed by atoms with Gasteiger partial charge in [-0.25, -0.2) is 10.4 Å². The molecular weight excluding hydrogens is 482 g/mol. The fraction of sp³-hybridized carbons (Fsp3) is 0.115. The summed E-state index contributed by atoms with van der Waals surface area (Å²) in [5, 5.41) is 5.10. The van der Waals surface area contributed by atoms with Crippen molar-refractivity contribution in [3.8, 4) is 22.8 Å². The molecule has 0 saturated carbocycles. The normalized spacial score (nSPS) is 13.1. The number of hydrazone groups is 1. The zero-order chi connectivity index (χ0) is 22.8. The molecule has 1 aromatic heterocycles. The number of benzene rings is 3. The molecule has 3 aromatic carbocycles. The maximum Gasteiger partial charge on any atom is 0.272 e. The molecule has 7 heteroatoms. The zero-order valence-corrected chi connectivity index (χ0v) is 19.4. The Morgan fingerprint density at radius 3 is 2.55 bits per heavy atom. The summed E-state index contributed by atoms with van der Waals surface area (Å²) in [6.45, 7) is 2.89. The number of ether oxygens (including phenoxy) is 2. The van der Waals surface area contributed by atoms with Crippen molar-refractivity contribution in [2.75, 3.05) is 13.2 Å². The highest BCUT2D eigenvalue weighted by Gasteiger charge is 2.15. The number of fused-ring (bicyclic) bond motifs is 2. The van der Waals surface area contributed by atoms with Crippen LogP contribution >= 0.6 is 15.9 Å². The van der Waals surface area contributed by atoms with Crippen molar-refractivity contribution in [1.29, 1.82) is 0 Å². The summed E-state index contributed by atoms with van der Waals surface area (Å²) in [5.41, 5.74) is 7.10. The summed E-state index contributed by atoms with van der Waals surface area (Å²) in [5.74, 6) is 1.09. The Bertz CT molecular complexity index is 1380. The molecule has 0 saturated heterocycles. The smallest absolute Gasteiger partial charge is 0.272 e. The molecule has 0 atom stereocenters. The lowest BCUT2D eigenvalue weighted by Gasteiger charge is -2.18. The molecule has 1 aliphatic heterocycles. The number of nitrogens with zero attached hydrogens (tertiary/aromatic N) is 2. The molecule has 164 valence electrons. The molecular formula is C26H20BrN3O3. The summed E-state index contributed by atoms with van der Waals surface area (Å²) in [6, 6.07) is 22.8. The van der Waals surface area contributed by atoms with Crippen LogP contribution in [0.5, 0.6) is 11.5 Å². The highest BCUT2D eigenvalue weighted by Crippen LogP contribution is 2.31. The zero-order valence-electron chi connectivity index (χ0n) is 17.8. The Morgan fingerprint density at radius 2 is 1.73 bits per heavy atom. The highest BCUT2D eigenvalue weighted by molar-refractivity contribution is 9.10. The quantitative estimate of drug-likeness (QED) is 0.292. The van der Waals surface area contributed by atoms with Crippen molar-refractivity contribution in [2.24, 2.45) is 5.10 Å². The predicted octanol–water partition coefficient (Wildman–Crippen LogP) is 5.59. The number of para-hydroxylation sites is 1. The second-order valence-corrected chi connectivity index (χ2v) is 8.49. The Morgan fingerprint density at radius 1 is 0.970 bits per heavy atom. The Labute approximate surface area is 199 Å². The minimum atomic E-state index is -0.302. The van der Waals surface area contributed by atoms with Gasteiger partial charge in [-0.2, -0.15) is 5.10 Å². The minimum absolute atomic E-state index is 0.302. The van der Waals surface area contributed by atoms with Crippen LogP contribution in [-0.4, -0.2) is 29.8 Å². The van der Waals surface area contributed by atoms with E-state index >= 15 is 0 Å². The van der Waals surface area contributed by atoms with E-state index in [9.17, 15) is 4.79 Å². The second kappa shape index (κ2) is 9.03. The van der Waals surface area contributed by atoms with Crippen LogP contribution in [0.1, 0.15) is 22.8 Å². The van der Waals surface area contributed by atoms with Gasteiger partial charge in [-0.1, -0.05) is 46.3 Å². The first-order valence-corrected chi connectivity index (χ1v) is 11.3. The number of aromatic nitrogens is 1. The highest BCUT2D eigenvalue weighted by atomic mass is 79.9. The van der Waals surface area contributed by atoms with Crippen LogP contribution < -0.4 is 14.9 Å². The van der Waals surface area contributed by atoms with Gasteiger partial charge in [0.15, 0.2) is 11.5 Å². The number of carbonyl (C=O) groups excluding carboxylic acids is 1. The van der Waals surface area contributed by atoms with Crippen molar-refractivity contribution >= 4 is 38.5 Å². The van der Waals surface area contributed by atoms with E-state index in [1.807, 2.05) is 73.7 Å². The Hall–Kier alpha value is -3.71. The largest absolute Gasteiger partial charge is 0.486 e. The van der Waals surface area contributed by atoms with Crippen LogP contribution in [0.2, 0.25) is 0 Å². The third kappa shape index (κ3) is 4.45. The van der Waals surface area contributed by atoms with E-state index in [2.05, 4.69) is 26.5 Å². The number of carbonyl (C=O) groups is 1. The molecule has 0 spiro atoms. The molecule has 0 radical (unpaired) electrons. The fourth-order valence-corrected chi connectivity index (χ4v) is 3.92. The topological polar surface area (TPSA) is 72.8 Å². The Balaban J connectivity index is 1.46. The van der Waals surface area contributed by atoms with Gasteiger partial charge in [-0.15, -0.1) is 0 Å². The second-order valence-electron chi connectivity index (χ2n) is 7.58. The molecule has 1 N–H and O–H groups in total. The van der Waals surface area contributed by atoms with E-state index in [1.165, 1.54) is 0 Å². The molecule has 0 unspecified atom stereocenters. The first kappa shape index (κ1) is 21.2. The van der Waals surface area contributed by atoms with Gasteiger partial charge in [0.1, 0.15) is 13.2 Å².